The molecule has 2 saturated heterocycles. The van der Waals surface area contributed by atoms with E-state index in [2.05, 4.69) is 0 Å². The first-order valence-electron chi connectivity index (χ1n) is 5.03. The van der Waals surface area contributed by atoms with E-state index in [9.17, 15) is 9.59 Å². The number of amides is 2. The van der Waals surface area contributed by atoms with Gasteiger partial charge in [-0.05, 0) is 12.8 Å². The van der Waals surface area contributed by atoms with Crippen LogP contribution >= 0.6 is 0 Å². The van der Waals surface area contributed by atoms with Gasteiger partial charge in [-0.3, -0.25) is 14.4 Å². The van der Waals surface area contributed by atoms with Gasteiger partial charge in [0.1, 0.15) is 5.92 Å². The quantitative estimate of drug-likeness (QED) is 0.600. The van der Waals surface area contributed by atoms with E-state index in [1.165, 1.54) is 5.06 Å². The van der Waals surface area contributed by atoms with Crippen LogP contribution in [-0.4, -0.2) is 42.7 Å². The van der Waals surface area contributed by atoms with Crippen molar-refractivity contribution in [2.24, 2.45) is 11.7 Å². The van der Waals surface area contributed by atoms with Gasteiger partial charge < -0.3 is 10.5 Å². The summed E-state index contributed by atoms with van der Waals surface area (Å²) in [5.41, 5.74) is 5.09. The first-order chi connectivity index (χ1) is 7.20. The lowest BCUT2D eigenvalue weighted by atomic mass is 10.1. The molecule has 0 spiro atoms. The van der Waals surface area contributed by atoms with Crippen LogP contribution in [0.3, 0.4) is 0 Å². The number of rotatable bonds is 2. The number of nitrogens with zero attached hydrogens (tertiary/aromatic N) is 1. The number of hydroxylamine groups is 2. The third-order valence-corrected chi connectivity index (χ3v) is 2.76. The molecule has 6 nitrogen and oxygen atoms in total. The van der Waals surface area contributed by atoms with E-state index in [1.54, 1.807) is 0 Å². The van der Waals surface area contributed by atoms with Gasteiger partial charge in [0.2, 0.25) is 5.91 Å². The van der Waals surface area contributed by atoms with E-state index < -0.39 is 11.8 Å². The smallest absolute Gasteiger partial charge is 0.261 e. The first kappa shape index (κ1) is 10.4. The molecule has 0 aromatic heterocycles. The topological polar surface area (TPSA) is 81.9 Å². The highest BCUT2D eigenvalue weighted by atomic mass is 16.7. The summed E-state index contributed by atoms with van der Waals surface area (Å²) in [5.74, 6) is -1.74. The van der Waals surface area contributed by atoms with Crippen LogP contribution in [0.1, 0.15) is 12.8 Å². The zero-order valence-electron chi connectivity index (χ0n) is 8.35. The average Bonchev–Trinajstić information content (AvgIpc) is 2.61. The number of hydrogen-bond donors (Lipinski definition) is 1. The lowest BCUT2D eigenvalue weighted by molar-refractivity contribution is -0.181. The average molecular weight is 214 g/mol. The predicted octanol–water partition coefficient (Wildman–Crippen LogP) is -0.959. The lowest BCUT2D eigenvalue weighted by Gasteiger charge is -2.29. The Morgan fingerprint density at radius 1 is 1.40 bits per heavy atom. The molecule has 2 N–H and O–H groups in total. The van der Waals surface area contributed by atoms with Crippen molar-refractivity contribution in [3.8, 4) is 0 Å². The van der Waals surface area contributed by atoms with E-state index >= 15 is 0 Å². The van der Waals surface area contributed by atoms with Crippen molar-refractivity contribution in [1.29, 1.82) is 0 Å². The molecular weight excluding hydrogens is 200 g/mol. The van der Waals surface area contributed by atoms with Gasteiger partial charge in [0, 0.05) is 13.2 Å². The van der Waals surface area contributed by atoms with Crippen molar-refractivity contribution < 1.29 is 19.2 Å². The Morgan fingerprint density at radius 3 is 2.60 bits per heavy atom. The second-order valence-electron chi connectivity index (χ2n) is 3.76. The SMILES string of the molecule is NC(=O)[C@H]1CON(C2CCOCC2)C1=O. The number of carbonyl (C=O) groups excluding carboxylic acids is 2. The molecule has 0 aliphatic carbocycles. The fourth-order valence-electron chi connectivity index (χ4n) is 1.85. The van der Waals surface area contributed by atoms with Gasteiger partial charge in [0.25, 0.3) is 5.91 Å². The maximum Gasteiger partial charge on any atom is 0.261 e. The Labute approximate surface area is 87.3 Å². The monoisotopic (exact) mass is 214 g/mol. The molecule has 2 aliphatic rings. The summed E-state index contributed by atoms with van der Waals surface area (Å²) in [6, 6.07) is 0.0237. The Bertz CT molecular complexity index is 275. The minimum atomic E-state index is -0.812. The minimum absolute atomic E-state index is 0.0237. The number of ether oxygens (including phenoxy) is 1. The lowest BCUT2D eigenvalue weighted by Crippen LogP contribution is -2.42. The summed E-state index contributed by atoms with van der Waals surface area (Å²) >= 11 is 0. The van der Waals surface area contributed by atoms with Crippen LogP contribution in [0.4, 0.5) is 0 Å². The van der Waals surface area contributed by atoms with E-state index in [1.807, 2.05) is 0 Å². The molecule has 2 amide bonds. The molecule has 2 heterocycles. The van der Waals surface area contributed by atoms with Crippen LogP contribution in [-0.2, 0) is 19.2 Å². The van der Waals surface area contributed by atoms with Gasteiger partial charge in [-0.15, -0.1) is 0 Å². The Balaban J connectivity index is 1.99. The molecule has 84 valence electrons. The Hall–Kier alpha value is -1.14. The number of nitrogens with two attached hydrogens (primary N) is 1. The zero-order valence-corrected chi connectivity index (χ0v) is 8.35. The van der Waals surface area contributed by atoms with Gasteiger partial charge in [-0.25, -0.2) is 5.06 Å². The highest BCUT2D eigenvalue weighted by Crippen LogP contribution is 2.22. The molecule has 0 bridgehead atoms. The molecule has 2 rings (SSSR count). The van der Waals surface area contributed by atoms with Crippen LogP contribution in [0.15, 0.2) is 0 Å². The van der Waals surface area contributed by atoms with Gasteiger partial charge >= 0.3 is 0 Å². The normalized spacial score (nSPS) is 28.4. The molecule has 2 aliphatic heterocycles. The molecule has 0 unspecified atom stereocenters. The Morgan fingerprint density at radius 2 is 2.07 bits per heavy atom. The summed E-state index contributed by atoms with van der Waals surface area (Å²) in [7, 11) is 0. The molecular formula is C9H14N2O4. The van der Waals surface area contributed by atoms with Gasteiger partial charge in [-0.2, -0.15) is 0 Å². The van der Waals surface area contributed by atoms with Crippen LogP contribution < -0.4 is 5.73 Å². The van der Waals surface area contributed by atoms with Crippen molar-refractivity contribution in [1.82, 2.24) is 5.06 Å². The van der Waals surface area contributed by atoms with Crippen molar-refractivity contribution >= 4 is 11.8 Å². The minimum Gasteiger partial charge on any atom is -0.381 e. The highest BCUT2D eigenvalue weighted by molar-refractivity contribution is 6.00. The molecule has 1 atom stereocenters. The van der Waals surface area contributed by atoms with E-state index in [0.717, 1.165) is 12.8 Å². The summed E-state index contributed by atoms with van der Waals surface area (Å²) in [4.78, 5) is 27.8. The molecule has 0 aromatic carbocycles. The molecule has 6 heteroatoms. The van der Waals surface area contributed by atoms with Crippen molar-refractivity contribution in [2.75, 3.05) is 19.8 Å². The summed E-state index contributed by atoms with van der Waals surface area (Å²) in [6.45, 7) is 1.32. The fourth-order valence-corrected chi connectivity index (χ4v) is 1.85. The highest BCUT2D eigenvalue weighted by Gasteiger charge is 2.41. The van der Waals surface area contributed by atoms with Crippen molar-refractivity contribution in [3.63, 3.8) is 0 Å². The largest absolute Gasteiger partial charge is 0.381 e. The van der Waals surface area contributed by atoms with Crippen LogP contribution in [0, 0.1) is 5.92 Å². The summed E-state index contributed by atoms with van der Waals surface area (Å²) < 4.78 is 5.18. The van der Waals surface area contributed by atoms with Crippen LogP contribution in [0.5, 0.6) is 0 Å². The number of carbonyl (C=O) groups is 2. The van der Waals surface area contributed by atoms with Gasteiger partial charge in [0.15, 0.2) is 0 Å². The second-order valence-corrected chi connectivity index (χ2v) is 3.76. The molecule has 0 radical (unpaired) electrons. The van der Waals surface area contributed by atoms with Crippen molar-refractivity contribution in [2.45, 2.75) is 18.9 Å². The first-order valence-corrected chi connectivity index (χ1v) is 5.03. The molecule has 2 fully saturated rings. The standard InChI is InChI=1S/C9H14N2O4/c10-8(12)7-5-15-11(9(7)13)6-1-3-14-4-2-6/h6-7H,1-5H2,(H2,10,12)/t7-/m1/s1. The van der Waals surface area contributed by atoms with E-state index in [-0.39, 0.29) is 18.6 Å². The number of primary amides is 1. The van der Waals surface area contributed by atoms with Crippen LogP contribution in [0.25, 0.3) is 0 Å². The maximum absolute atomic E-state index is 11.7. The summed E-state index contributed by atoms with van der Waals surface area (Å²) in [5, 5.41) is 1.30. The summed E-state index contributed by atoms with van der Waals surface area (Å²) in [6.07, 6.45) is 1.49. The molecule has 0 aromatic rings. The van der Waals surface area contributed by atoms with Crippen molar-refractivity contribution in [3.05, 3.63) is 0 Å². The van der Waals surface area contributed by atoms with E-state index in [4.69, 9.17) is 15.3 Å². The predicted molar refractivity (Wildman–Crippen MR) is 49.3 cm³/mol. The zero-order chi connectivity index (χ0) is 10.8. The molecule has 15 heavy (non-hydrogen) atoms. The fraction of sp³-hybridized carbons (Fsp3) is 0.778. The second kappa shape index (κ2) is 4.16. The van der Waals surface area contributed by atoms with Gasteiger partial charge in [0.05, 0.1) is 12.6 Å². The third kappa shape index (κ3) is 1.95. The number of hydrogen-bond acceptors (Lipinski definition) is 4. The van der Waals surface area contributed by atoms with Crippen LogP contribution in [0.2, 0.25) is 0 Å². The maximum atomic E-state index is 11.7. The molecule has 0 saturated carbocycles. The van der Waals surface area contributed by atoms with Gasteiger partial charge in [-0.1, -0.05) is 0 Å². The third-order valence-electron chi connectivity index (χ3n) is 2.76. The van der Waals surface area contributed by atoms with E-state index in [0.29, 0.717) is 13.2 Å². The Kier molecular flexibility index (Phi) is 2.88.